The summed E-state index contributed by atoms with van der Waals surface area (Å²) in [6.07, 6.45) is 4.91. The maximum Gasteiger partial charge on any atom is 0.339 e. The molecule has 0 saturated carbocycles. The van der Waals surface area contributed by atoms with Crippen LogP contribution in [-0.2, 0) is 0 Å². The molecule has 0 bridgehead atoms. The first-order chi connectivity index (χ1) is 10.3. The van der Waals surface area contributed by atoms with Gasteiger partial charge in [0.15, 0.2) is 0 Å². The van der Waals surface area contributed by atoms with E-state index < -0.39 is 5.97 Å². The van der Waals surface area contributed by atoms with Crippen molar-refractivity contribution in [2.45, 2.75) is 19.3 Å². The number of hydrogen-bond donors (Lipinski definition) is 1. The average Bonchev–Trinajstić information content (AvgIpc) is 2.56. The summed E-state index contributed by atoms with van der Waals surface area (Å²) in [5, 5.41) is 9.33. The number of carboxylic acids is 1. The normalized spacial score (nSPS) is 14.3. The van der Waals surface area contributed by atoms with E-state index in [9.17, 15) is 9.90 Å². The van der Waals surface area contributed by atoms with Gasteiger partial charge in [-0.3, -0.25) is 0 Å². The van der Waals surface area contributed by atoms with Gasteiger partial charge in [-0.2, -0.15) is 0 Å². The molecule has 1 aromatic heterocycles. The Hall–Kier alpha value is -2.14. The van der Waals surface area contributed by atoms with E-state index in [1.807, 2.05) is 30.3 Å². The zero-order valence-electron chi connectivity index (χ0n) is 12.1. The summed E-state index contributed by atoms with van der Waals surface area (Å²) in [5.41, 5.74) is 1.43. The van der Waals surface area contributed by atoms with Gasteiger partial charge in [0, 0.05) is 24.8 Å². The molecule has 6 heteroatoms. The lowest BCUT2D eigenvalue weighted by Gasteiger charge is -2.27. The number of carbonyl (C=O) groups is 1. The average molecular weight is 320 g/mol. The molecule has 2 heterocycles. The van der Waals surface area contributed by atoms with Gasteiger partial charge in [-0.1, -0.05) is 30.3 Å². The van der Waals surface area contributed by atoms with E-state index in [1.54, 1.807) is 0 Å². The molecule has 0 atom stereocenters. The minimum absolute atomic E-state index is 0. The molecule has 1 aliphatic heterocycles. The van der Waals surface area contributed by atoms with Crippen molar-refractivity contribution in [3.63, 3.8) is 0 Å². The Labute approximate surface area is 135 Å². The molecule has 0 unspecified atom stereocenters. The summed E-state index contributed by atoms with van der Waals surface area (Å²) >= 11 is 0. The fourth-order valence-corrected chi connectivity index (χ4v) is 2.59. The van der Waals surface area contributed by atoms with Crippen molar-refractivity contribution in [3.05, 3.63) is 42.1 Å². The molecule has 1 N–H and O–H groups in total. The van der Waals surface area contributed by atoms with E-state index in [4.69, 9.17) is 0 Å². The number of benzene rings is 1. The number of piperidine rings is 1. The third kappa shape index (κ3) is 3.36. The fraction of sp³-hybridized carbons (Fsp3) is 0.312. The molecule has 0 radical (unpaired) electrons. The second-order valence-electron chi connectivity index (χ2n) is 5.15. The van der Waals surface area contributed by atoms with Crippen LogP contribution in [0, 0.1) is 0 Å². The summed E-state index contributed by atoms with van der Waals surface area (Å²) in [7, 11) is 0. The zero-order chi connectivity index (χ0) is 14.7. The number of aromatic nitrogens is 2. The van der Waals surface area contributed by atoms with Crippen molar-refractivity contribution in [1.82, 2.24) is 9.97 Å². The topological polar surface area (TPSA) is 66.3 Å². The Kier molecular flexibility index (Phi) is 5.33. The molecule has 0 amide bonds. The van der Waals surface area contributed by atoms with E-state index in [1.165, 1.54) is 12.6 Å². The minimum atomic E-state index is -1.00. The summed E-state index contributed by atoms with van der Waals surface area (Å²) in [4.78, 5) is 22.3. The van der Waals surface area contributed by atoms with Crippen molar-refractivity contribution in [2.24, 2.45) is 0 Å². The maximum absolute atomic E-state index is 11.4. The van der Waals surface area contributed by atoms with Gasteiger partial charge in [-0.15, -0.1) is 12.4 Å². The molecule has 2 aromatic rings. The van der Waals surface area contributed by atoms with Gasteiger partial charge < -0.3 is 10.0 Å². The lowest BCUT2D eigenvalue weighted by Crippen LogP contribution is -2.31. The van der Waals surface area contributed by atoms with E-state index in [2.05, 4.69) is 14.9 Å². The van der Waals surface area contributed by atoms with Crippen LogP contribution < -0.4 is 4.90 Å². The van der Waals surface area contributed by atoms with Crippen molar-refractivity contribution in [3.8, 4) is 11.3 Å². The summed E-state index contributed by atoms with van der Waals surface area (Å²) in [5.74, 6) is -0.377. The van der Waals surface area contributed by atoms with Gasteiger partial charge in [-0.05, 0) is 19.3 Å². The molecule has 0 spiro atoms. The molecule has 22 heavy (non-hydrogen) atoms. The number of rotatable bonds is 3. The number of aromatic carboxylic acids is 1. The van der Waals surface area contributed by atoms with Gasteiger partial charge in [0.25, 0.3) is 0 Å². The fourth-order valence-electron chi connectivity index (χ4n) is 2.59. The van der Waals surface area contributed by atoms with Gasteiger partial charge in [-0.25, -0.2) is 14.8 Å². The summed E-state index contributed by atoms with van der Waals surface area (Å²) in [6, 6.07) is 9.40. The van der Waals surface area contributed by atoms with Crippen molar-refractivity contribution in [2.75, 3.05) is 18.0 Å². The quantitative estimate of drug-likeness (QED) is 0.940. The van der Waals surface area contributed by atoms with Crippen molar-refractivity contribution >= 4 is 24.3 Å². The molecule has 1 fully saturated rings. The predicted molar refractivity (Wildman–Crippen MR) is 87.7 cm³/mol. The standard InChI is InChI=1S/C16H17N3O2.ClH/c20-15(21)13-11-17-16(19-9-5-2-6-10-19)18-14(13)12-7-3-1-4-8-12;/h1,3-4,7-8,11H,2,5-6,9-10H2,(H,20,21);1H. The van der Waals surface area contributed by atoms with Crippen LogP contribution in [0.25, 0.3) is 11.3 Å². The monoisotopic (exact) mass is 319 g/mol. The van der Waals surface area contributed by atoms with E-state index in [-0.39, 0.29) is 18.0 Å². The van der Waals surface area contributed by atoms with Crippen LogP contribution in [0.1, 0.15) is 29.6 Å². The van der Waals surface area contributed by atoms with Crippen LogP contribution in [0.3, 0.4) is 0 Å². The lowest BCUT2D eigenvalue weighted by molar-refractivity contribution is 0.0697. The van der Waals surface area contributed by atoms with Crippen LogP contribution >= 0.6 is 12.4 Å². The maximum atomic E-state index is 11.4. The Morgan fingerprint density at radius 1 is 1.09 bits per heavy atom. The number of anilines is 1. The van der Waals surface area contributed by atoms with Gasteiger partial charge in [0.2, 0.25) is 5.95 Å². The highest BCUT2D eigenvalue weighted by molar-refractivity contribution is 5.94. The summed E-state index contributed by atoms with van der Waals surface area (Å²) < 4.78 is 0. The molecular weight excluding hydrogens is 302 g/mol. The Morgan fingerprint density at radius 3 is 2.41 bits per heavy atom. The third-order valence-corrected chi connectivity index (χ3v) is 3.69. The first kappa shape index (κ1) is 16.2. The second kappa shape index (κ2) is 7.22. The van der Waals surface area contributed by atoms with Crippen LogP contribution in [0.2, 0.25) is 0 Å². The highest BCUT2D eigenvalue weighted by atomic mass is 35.5. The summed E-state index contributed by atoms with van der Waals surface area (Å²) in [6.45, 7) is 1.86. The van der Waals surface area contributed by atoms with Gasteiger partial charge in [0.05, 0.1) is 5.69 Å². The van der Waals surface area contributed by atoms with Crippen LogP contribution in [0.4, 0.5) is 5.95 Å². The molecule has 3 rings (SSSR count). The Morgan fingerprint density at radius 2 is 1.77 bits per heavy atom. The van der Waals surface area contributed by atoms with Crippen LogP contribution in [0.15, 0.2) is 36.5 Å². The van der Waals surface area contributed by atoms with E-state index >= 15 is 0 Å². The van der Waals surface area contributed by atoms with Gasteiger partial charge >= 0.3 is 5.97 Å². The first-order valence-electron chi connectivity index (χ1n) is 7.16. The van der Waals surface area contributed by atoms with Crippen LogP contribution in [0.5, 0.6) is 0 Å². The molecule has 0 aliphatic carbocycles. The first-order valence-corrected chi connectivity index (χ1v) is 7.16. The van der Waals surface area contributed by atoms with Crippen molar-refractivity contribution < 1.29 is 9.90 Å². The van der Waals surface area contributed by atoms with E-state index in [0.717, 1.165) is 31.5 Å². The highest BCUT2D eigenvalue weighted by Crippen LogP contribution is 2.24. The third-order valence-electron chi connectivity index (χ3n) is 3.69. The molecule has 5 nitrogen and oxygen atoms in total. The number of nitrogens with zero attached hydrogens (tertiary/aromatic N) is 3. The SMILES string of the molecule is Cl.O=C(O)c1cnc(N2CCCCC2)nc1-c1ccccc1. The predicted octanol–water partition coefficient (Wildman–Crippen LogP) is 3.25. The molecule has 1 aromatic carbocycles. The molecule has 1 aliphatic rings. The molecule has 1 saturated heterocycles. The van der Waals surface area contributed by atoms with Gasteiger partial charge in [0.1, 0.15) is 5.56 Å². The minimum Gasteiger partial charge on any atom is -0.478 e. The smallest absolute Gasteiger partial charge is 0.339 e. The number of halogens is 1. The Balaban J connectivity index is 0.00000176. The zero-order valence-corrected chi connectivity index (χ0v) is 12.9. The number of hydrogen-bond acceptors (Lipinski definition) is 4. The second-order valence-corrected chi connectivity index (χ2v) is 5.15. The highest BCUT2D eigenvalue weighted by Gasteiger charge is 2.19. The van der Waals surface area contributed by atoms with Crippen LogP contribution in [-0.4, -0.2) is 34.1 Å². The largest absolute Gasteiger partial charge is 0.478 e. The molecule has 116 valence electrons. The molecular formula is C16H18ClN3O2. The van der Waals surface area contributed by atoms with Crippen molar-refractivity contribution in [1.29, 1.82) is 0 Å². The lowest BCUT2D eigenvalue weighted by atomic mass is 10.1. The Bertz CT molecular complexity index is 643. The number of carboxylic acid groups (broad SMARTS) is 1. The van der Waals surface area contributed by atoms with E-state index in [0.29, 0.717) is 11.6 Å².